The minimum absolute atomic E-state index is 0.0254. The summed E-state index contributed by atoms with van der Waals surface area (Å²) in [6.07, 6.45) is 2.14. The number of carbonyl (C=O) groups is 1. The maximum atomic E-state index is 12.6. The zero-order valence-corrected chi connectivity index (χ0v) is 14.3. The minimum atomic E-state index is -3.84. The van der Waals surface area contributed by atoms with Gasteiger partial charge in [0.1, 0.15) is 10.9 Å². The highest BCUT2D eigenvalue weighted by atomic mass is 35.5. The molecule has 1 unspecified atom stereocenters. The van der Waals surface area contributed by atoms with Crippen LogP contribution in [0.4, 0.5) is 0 Å². The van der Waals surface area contributed by atoms with Crippen LogP contribution in [0.2, 0.25) is 5.02 Å². The molecule has 0 bridgehead atoms. The van der Waals surface area contributed by atoms with Gasteiger partial charge in [-0.25, -0.2) is 8.42 Å². The Kier molecular flexibility index (Phi) is 5.47. The highest BCUT2D eigenvalue weighted by molar-refractivity contribution is 7.89. The van der Waals surface area contributed by atoms with Crippen molar-refractivity contribution in [2.75, 3.05) is 6.54 Å². The first-order valence-corrected chi connectivity index (χ1v) is 9.27. The van der Waals surface area contributed by atoms with Crippen molar-refractivity contribution >= 4 is 27.5 Å². The molecule has 122 valence electrons. The largest absolute Gasteiger partial charge is 0.355 e. The molecule has 1 aliphatic heterocycles. The lowest BCUT2D eigenvalue weighted by Gasteiger charge is -2.17. The molecule has 0 spiro atoms. The molecule has 0 aromatic heterocycles. The zero-order valence-electron chi connectivity index (χ0n) is 12.7. The summed E-state index contributed by atoms with van der Waals surface area (Å²) >= 11 is 6.05. The molecular weight excluding hydrogens is 324 g/mol. The third kappa shape index (κ3) is 4.00. The van der Waals surface area contributed by atoms with Crippen LogP contribution in [-0.2, 0) is 14.8 Å². The Morgan fingerprint density at radius 1 is 1.32 bits per heavy atom. The van der Waals surface area contributed by atoms with Gasteiger partial charge in [-0.3, -0.25) is 4.79 Å². The molecule has 1 fully saturated rings. The molecular formula is C15H21ClN2O3S. The van der Waals surface area contributed by atoms with E-state index in [4.69, 9.17) is 11.6 Å². The van der Waals surface area contributed by atoms with Crippen LogP contribution in [0.1, 0.15) is 44.6 Å². The van der Waals surface area contributed by atoms with Gasteiger partial charge in [0.2, 0.25) is 15.9 Å². The quantitative estimate of drug-likeness (QED) is 0.880. The maximum Gasteiger partial charge on any atom is 0.242 e. The van der Waals surface area contributed by atoms with E-state index in [1.165, 1.54) is 0 Å². The van der Waals surface area contributed by atoms with Crippen LogP contribution in [-0.4, -0.2) is 26.9 Å². The third-order valence-electron chi connectivity index (χ3n) is 3.74. The number of rotatable bonds is 4. The number of nitrogens with one attached hydrogen (secondary N) is 2. The standard InChI is InChI=1S/C15H21ClN2O3S/c1-10(2)11-6-7-12(16)14(9-11)22(20,21)18-13-5-3-4-8-17-15(13)19/h6-7,9-10,13,18H,3-5,8H2,1-2H3,(H,17,19). The van der Waals surface area contributed by atoms with Crippen molar-refractivity contribution in [3.05, 3.63) is 28.8 Å². The maximum absolute atomic E-state index is 12.6. The van der Waals surface area contributed by atoms with Crippen molar-refractivity contribution in [2.45, 2.75) is 50.0 Å². The van der Waals surface area contributed by atoms with Crippen molar-refractivity contribution in [1.29, 1.82) is 0 Å². The van der Waals surface area contributed by atoms with Gasteiger partial charge in [0.25, 0.3) is 0 Å². The molecule has 1 atom stereocenters. The van der Waals surface area contributed by atoms with Gasteiger partial charge >= 0.3 is 0 Å². The van der Waals surface area contributed by atoms with Crippen LogP contribution in [0.5, 0.6) is 0 Å². The third-order valence-corrected chi connectivity index (χ3v) is 5.70. The molecule has 0 saturated carbocycles. The fourth-order valence-corrected chi connectivity index (χ4v) is 4.15. The normalized spacial score (nSPS) is 19.8. The topological polar surface area (TPSA) is 75.3 Å². The lowest BCUT2D eigenvalue weighted by Crippen LogP contribution is -2.45. The van der Waals surface area contributed by atoms with E-state index < -0.39 is 16.1 Å². The highest BCUT2D eigenvalue weighted by Gasteiger charge is 2.28. The fraction of sp³-hybridized carbons (Fsp3) is 0.533. The first-order chi connectivity index (χ1) is 10.3. The summed E-state index contributed by atoms with van der Waals surface area (Å²) in [4.78, 5) is 11.9. The van der Waals surface area contributed by atoms with Gasteiger partial charge in [-0.05, 0) is 42.9 Å². The molecule has 0 aliphatic carbocycles. The van der Waals surface area contributed by atoms with E-state index in [0.29, 0.717) is 13.0 Å². The van der Waals surface area contributed by atoms with E-state index in [0.717, 1.165) is 18.4 Å². The number of sulfonamides is 1. The Hall–Kier alpha value is -1.11. The second-order valence-corrected chi connectivity index (χ2v) is 7.89. The molecule has 1 aromatic rings. The molecule has 2 rings (SSSR count). The van der Waals surface area contributed by atoms with E-state index in [1.54, 1.807) is 12.1 Å². The van der Waals surface area contributed by atoms with Gasteiger partial charge < -0.3 is 5.32 Å². The zero-order chi connectivity index (χ0) is 16.3. The summed E-state index contributed by atoms with van der Waals surface area (Å²) in [6.45, 7) is 4.54. The van der Waals surface area contributed by atoms with Gasteiger partial charge in [0, 0.05) is 6.54 Å². The molecule has 1 amide bonds. The second-order valence-electron chi connectivity index (χ2n) is 5.81. The monoisotopic (exact) mass is 344 g/mol. The van der Waals surface area contributed by atoms with E-state index in [2.05, 4.69) is 10.0 Å². The summed E-state index contributed by atoms with van der Waals surface area (Å²) in [5, 5.41) is 2.87. The summed E-state index contributed by atoms with van der Waals surface area (Å²) in [6, 6.07) is 4.22. The predicted octanol–water partition coefficient (Wildman–Crippen LogP) is 2.41. The Labute approximate surface area is 136 Å². The molecule has 22 heavy (non-hydrogen) atoms. The molecule has 1 aliphatic rings. The van der Waals surface area contributed by atoms with Gasteiger partial charge in [-0.15, -0.1) is 0 Å². The Balaban J connectivity index is 2.30. The smallest absolute Gasteiger partial charge is 0.242 e. The number of benzene rings is 1. The van der Waals surface area contributed by atoms with E-state index in [9.17, 15) is 13.2 Å². The van der Waals surface area contributed by atoms with Crippen LogP contribution >= 0.6 is 11.6 Å². The number of halogens is 1. The molecule has 5 nitrogen and oxygen atoms in total. The summed E-state index contributed by atoms with van der Waals surface area (Å²) in [7, 11) is -3.84. The van der Waals surface area contributed by atoms with Crippen molar-refractivity contribution < 1.29 is 13.2 Å². The van der Waals surface area contributed by atoms with E-state index >= 15 is 0 Å². The second kappa shape index (κ2) is 6.98. The van der Waals surface area contributed by atoms with E-state index in [-0.39, 0.29) is 21.7 Å². The highest BCUT2D eigenvalue weighted by Crippen LogP contribution is 2.26. The number of amides is 1. The fourth-order valence-electron chi connectivity index (χ4n) is 2.39. The van der Waals surface area contributed by atoms with Crippen LogP contribution in [0.3, 0.4) is 0 Å². The first kappa shape index (κ1) is 17.2. The number of carbonyl (C=O) groups excluding carboxylic acids is 1. The van der Waals surface area contributed by atoms with Crippen LogP contribution in [0, 0.1) is 0 Å². The molecule has 0 radical (unpaired) electrons. The first-order valence-electron chi connectivity index (χ1n) is 7.41. The predicted molar refractivity (Wildman–Crippen MR) is 86.5 cm³/mol. The average molecular weight is 345 g/mol. The van der Waals surface area contributed by atoms with Crippen LogP contribution < -0.4 is 10.0 Å². The molecule has 1 aromatic carbocycles. The lowest BCUT2D eigenvalue weighted by atomic mass is 10.0. The van der Waals surface area contributed by atoms with Crippen LogP contribution in [0.25, 0.3) is 0 Å². The Morgan fingerprint density at radius 2 is 2.05 bits per heavy atom. The Bertz CT molecular complexity index is 659. The minimum Gasteiger partial charge on any atom is -0.355 e. The summed E-state index contributed by atoms with van der Waals surface area (Å²) in [5.41, 5.74) is 0.884. The van der Waals surface area contributed by atoms with Gasteiger partial charge in [0.15, 0.2) is 0 Å². The van der Waals surface area contributed by atoms with Crippen molar-refractivity contribution in [3.8, 4) is 0 Å². The summed E-state index contributed by atoms with van der Waals surface area (Å²) < 4.78 is 27.6. The lowest BCUT2D eigenvalue weighted by molar-refractivity contribution is -0.122. The van der Waals surface area contributed by atoms with Crippen molar-refractivity contribution in [3.63, 3.8) is 0 Å². The molecule has 7 heteroatoms. The van der Waals surface area contributed by atoms with E-state index in [1.807, 2.05) is 19.9 Å². The van der Waals surface area contributed by atoms with Crippen molar-refractivity contribution in [2.24, 2.45) is 0 Å². The Morgan fingerprint density at radius 3 is 2.73 bits per heavy atom. The molecule has 2 N–H and O–H groups in total. The van der Waals surface area contributed by atoms with Crippen molar-refractivity contribution in [1.82, 2.24) is 10.0 Å². The summed E-state index contributed by atoms with van der Waals surface area (Å²) in [5.74, 6) is -0.0930. The van der Waals surface area contributed by atoms with Crippen LogP contribution in [0.15, 0.2) is 23.1 Å². The van der Waals surface area contributed by atoms with Gasteiger partial charge in [-0.1, -0.05) is 31.5 Å². The SMILES string of the molecule is CC(C)c1ccc(Cl)c(S(=O)(=O)NC2CCCCNC2=O)c1. The van der Waals surface area contributed by atoms with Gasteiger partial charge in [0.05, 0.1) is 5.02 Å². The molecule has 1 heterocycles. The van der Waals surface area contributed by atoms with Gasteiger partial charge in [-0.2, -0.15) is 4.72 Å². The number of hydrogen-bond acceptors (Lipinski definition) is 3. The average Bonchev–Trinajstić information content (AvgIpc) is 2.64. The number of hydrogen-bond donors (Lipinski definition) is 2. The molecule has 1 saturated heterocycles.